The normalized spacial score (nSPS) is 21.5. The quantitative estimate of drug-likeness (QED) is 0.637. The van der Waals surface area contributed by atoms with E-state index in [1.807, 2.05) is 7.05 Å². The highest BCUT2D eigenvalue weighted by Crippen LogP contribution is 2.24. The van der Waals surface area contributed by atoms with Crippen molar-refractivity contribution in [2.45, 2.75) is 44.7 Å². The zero-order valence-electron chi connectivity index (χ0n) is 12.7. The predicted molar refractivity (Wildman–Crippen MR) is 81.7 cm³/mol. The van der Waals surface area contributed by atoms with E-state index in [0.29, 0.717) is 6.04 Å². The molecule has 6 nitrogen and oxygen atoms in total. The predicted octanol–water partition coefficient (Wildman–Crippen LogP) is 2.39. The number of ether oxygens (including phenoxy) is 1. The molecule has 122 valence electrons. The van der Waals surface area contributed by atoms with Gasteiger partial charge in [-0.05, 0) is 51.3 Å². The lowest BCUT2D eigenvalue weighted by atomic mass is 9.91. The fourth-order valence-electron chi connectivity index (χ4n) is 2.63. The summed E-state index contributed by atoms with van der Waals surface area (Å²) in [5.74, 6) is -1.72. The van der Waals surface area contributed by atoms with Crippen LogP contribution in [-0.4, -0.2) is 41.7 Å². The molecule has 0 spiro atoms. The molecule has 0 radical (unpaired) electrons. The smallest absolute Gasteiger partial charge is 0.360 e. The second-order valence-corrected chi connectivity index (χ2v) is 5.56. The van der Waals surface area contributed by atoms with Crippen LogP contribution in [0.2, 0.25) is 5.28 Å². The highest BCUT2D eigenvalue weighted by molar-refractivity contribution is 6.28. The van der Waals surface area contributed by atoms with Crippen LogP contribution in [0.15, 0.2) is 0 Å². The van der Waals surface area contributed by atoms with Crippen LogP contribution >= 0.6 is 11.6 Å². The first kappa shape index (κ1) is 16.9. The summed E-state index contributed by atoms with van der Waals surface area (Å²) in [4.78, 5) is 19.2. The summed E-state index contributed by atoms with van der Waals surface area (Å²) in [6, 6.07) is 0.456. The molecule has 0 aliphatic heterocycles. The Morgan fingerprint density at radius 1 is 1.41 bits per heavy atom. The van der Waals surface area contributed by atoms with Gasteiger partial charge in [0.1, 0.15) is 0 Å². The Bertz CT molecular complexity index is 544. The topological polar surface area (TPSA) is 76.1 Å². The molecule has 0 aromatic carbocycles. The molecule has 1 aromatic heterocycles. The highest BCUT2D eigenvalue weighted by Gasteiger charge is 2.25. The Morgan fingerprint density at radius 2 is 2.14 bits per heavy atom. The number of rotatable bonds is 5. The SMILES string of the molecule is CCOC(=O)c1nc(Cl)nc(NC2CCC[C@@H](NC)C2)c1F. The van der Waals surface area contributed by atoms with Crippen molar-refractivity contribution >= 4 is 23.4 Å². The summed E-state index contributed by atoms with van der Waals surface area (Å²) in [6.45, 7) is 1.77. The van der Waals surface area contributed by atoms with E-state index in [0.717, 1.165) is 25.7 Å². The Kier molecular flexibility index (Phi) is 5.90. The highest BCUT2D eigenvalue weighted by atomic mass is 35.5. The lowest BCUT2D eigenvalue weighted by molar-refractivity contribution is 0.0513. The Hall–Kier alpha value is -1.47. The van der Waals surface area contributed by atoms with Crippen LogP contribution in [0.5, 0.6) is 0 Å². The van der Waals surface area contributed by atoms with Crippen LogP contribution in [0.3, 0.4) is 0 Å². The average Bonchev–Trinajstić information content (AvgIpc) is 2.51. The number of aromatic nitrogens is 2. The number of esters is 1. The van der Waals surface area contributed by atoms with Crippen molar-refractivity contribution in [1.29, 1.82) is 0 Å². The third-order valence-electron chi connectivity index (χ3n) is 3.72. The number of hydrogen-bond donors (Lipinski definition) is 2. The molecule has 0 saturated heterocycles. The molecule has 1 saturated carbocycles. The molecule has 1 aliphatic rings. The van der Waals surface area contributed by atoms with E-state index in [1.165, 1.54) is 0 Å². The van der Waals surface area contributed by atoms with E-state index in [4.69, 9.17) is 16.3 Å². The summed E-state index contributed by atoms with van der Waals surface area (Å²) in [7, 11) is 1.91. The second-order valence-electron chi connectivity index (χ2n) is 5.22. The van der Waals surface area contributed by atoms with E-state index >= 15 is 0 Å². The van der Waals surface area contributed by atoms with Gasteiger partial charge in [0.15, 0.2) is 17.3 Å². The fourth-order valence-corrected chi connectivity index (χ4v) is 2.80. The van der Waals surface area contributed by atoms with Gasteiger partial charge < -0.3 is 15.4 Å². The van der Waals surface area contributed by atoms with Crippen molar-refractivity contribution in [3.8, 4) is 0 Å². The summed E-state index contributed by atoms with van der Waals surface area (Å²) in [5, 5.41) is 6.07. The van der Waals surface area contributed by atoms with Gasteiger partial charge in [0.05, 0.1) is 6.61 Å². The van der Waals surface area contributed by atoms with Gasteiger partial charge in [-0.3, -0.25) is 0 Å². The van der Waals surface area contributed by atoms with Gasteiger partial charge in [-0.25, -0.2) is 14.2 Å². The fraction of sp³-hybridized carbons (Fsp3) is 0.643. The summed E-state index contributed by atoms with van der Waals surface area (Å²) in [5.41, 5.74) is -0.440. The molecular weight excluding hydrogens is 311 g/mol. The van der Waals surface area contributed by atoms with Gasteiger partial charge in [-0.2, -0.15) is 4.98 Å². The second kappa shape index (κ2) is 7.69. The first-order valence-corrected chi connectivity index (χ1v) is 7.76. The van der Waals surface area contributed by atoms with Gasteiger partial charge in [0.2, 0.25) is 5.28 Å². The van der Waals surface area contributed by atoms with Crippen LogP contribution in [0, 0.1) is 5.82 Å². The lowest BCUT2D eigenvalue weighted by Gasteiger charge is -2.30. The Balaban J connectivity index is 2.18. The third kappa shape index (κ3) is 4.04. The van der Waals surface area contributed by atoms with Crippen molar-refractivity contribution in [2.75, 3.05) is 19.0 Å². The van der Waals surface area contributed by atoms with Crippen LogP contribution in [0.25, 0.3) is 0 Å². The minimum absolute atomic E-state index is 0.0511. The minimum Gasteiger partial charge on any atom is -0.461 e. The molecule has 1 unspecified atom stereocenters. The molecule has 1 fully saturated rings. The molecule has 1 aromatic rings. The van der Waals surface area contributed by atoms with Gasteiger partial charge in [0.25, 0.3) is 0 Å². The number of halogens is 2. The van der Waals surface area contributed by atoms with Crippen LogP contribution in [0.1, 0.15) is 43.1 Å². The maximum absolute atomic E-state index is 14.4. The number of hydrogen-bond acceptors (Lipinski definition) is 6. The average molecular weight is 331 g/mol. The Morgan fingerprint density at radius 3 is 2.82 bits per heavy atom. The van der Waals surface area contributed by atoms with Gasteiger partial charge in [-0.1, -0.05) is 0 Å². The van der Waals surface area contributed by atoms with Crippen LogP contribution in [0.4, 0.5) is 10.2 Å². The molecule has 2 rings (SSSR count). The van der Waals surface area contributed by atoms with Gasteiger partial charge >= 0.3 is 5.97 Å². The number of carbonyl (C=O) groups excluding carboxylic acids is 1. The molecule has 0 amide bonds. The number of nitrogens with one attached hydrogen (secondary N) is 2. The molecule has 0 bridgehead atoms. The van der Waals surface area contributed by atoms with Gasteiger partial charge in [-0.15, -0.1) is 0 Å². The molecule has 1 aliphatic carbocycles. The molecule has 2 atom stereocenters. The van der Waals surface area contributed by atoms with Crippen molar-refractivity contribution in [2.24, 2.45) is 0 Å². The van der Waals surface area contributed by atoms with E-state index in [9.17, 15) is 9.18 Å². The van der Waals surface area contributed by atoms with E-state index in [-0.39, 0.29) is 23.8 Å². The van der Waals surface area contributed by atoms with Crippen LogP contribution in [-0.2, 0) is 4.74 Å². The minimum atomic E-state index is -0.843. The zero-order valence-corrected chi connectivity index (χ0v) is 13.4. The summed E-state index contributed by atoms with van der Waals surface area (Å²) in [6.07, 6.45) is 3.89. The Labute approximate surface area is 133 Å². The maximum atomic E-state index is 14.4. The van der Waals surface area contributed by atoms with Crippen molar-refractivity contribution < 1.29 is 13.9 Å². The summed E-state index contributed by atoms with van der Waals surface area (Å²) >= 11 is 5.79. The van der Waals surface area contributed by atoms with E-state index < -0.39 is 17.5 Å². The molecule has 1 heterocycles. The number of nitrogens with zero attached hydrogens (tertiary/aromatic N) is 2. The standard InChI is InChI=1S/C14H20ClFN4O2/c1-3-22-13(21)11-10(16)12(20-14(15)19-11)18-9-6-4-5-8(7-9)17-2/h8-9,17H,3-7H2,1-2H3,(H,18,19,20)/t8-,9?/m1/s1. The van der Waals surface area contributed by atoms with Crippen molar-refractivity contribution in [3.63, 3.8) is 0 Å². The summed E-state index contributed by atoms with van der Waals surface area (Å²) < 4.78 is 19.2. The largest absolute Gasteiger partial charge is 0.461 e. The first-order chi connectivity index (χ1) is 10.5. The number of carbonyl (C=O) groups is 1. The maximum Gasteiger partial charge on any atom is 0.360 e. The van der Waals surface area contributed by atoms with Gasteiger partial charge in [0, 0.05) is 12.1 Å². The van der Waals surface area contributed by atoms with E-state index in [1.54, 1.807) is 6.92 Å². The monoisotopic (exact) mass is 330 g/mol. The molecular formula is C14H20ClFN4O2. The molecule has 22 heavy (non-hydrogen) atoms. The first-order valence-electron chi connectivity index (χ1n) is 7.39. The molecule has 2 N–H and O–H groups in total. The third-order valence-corrected chi connectivity index (χ3v) is 3.89. The van der Waals surface area contributed by atoms with Crippen LogP contribution < -0.4 is 10.6 Å². The molecule has 8 heteroatoms. The van der Waals surface area contributed by atoms with Crippen molar-refractivity contribution in [3.05, 3.63) is 16.8 Å². The van der Waals surface area contributed by atoms with Crippen molar-refractivity contribution in [1.82, 2.24) is 15.3 Å². The van der Waals surface area contributed by atoms with E-state index in [2.05, 4.69) is 20.6 Å². The number of anilines is 1. The lowest BCUT2D eigenvalue weighted by Crippen LogP contribution is -2.37. The zero-order chi connectivity index (χ0) is 16.1.